The average molecular weight is 499 g/mol. The second kappa shape index (κ2) is 9.65. The highest BCUT2D eigenvalue weighted by Gasteiger charge is 2.41. The summed E-state index contributed by atoms with van der Waals surface area (Å²) in [4.78, 5) is 7.02. The van der Waals surface area contributed by atoms with E-state index in [1.165, 1.54) is 9.87 Å². The predicted molar refractivity (Wildman–Crippen MR) is 139 cm³/mol. The van der Waals surface area contributed by atoms with Crippen LogP contribution in [0.4, 0.5) is 10.1 Å². The van der Waals surface area contributed by atoms with E-state index in [1.54, 1.807) is 6.07 Å². The number of fused-ring (bicyclic) bond motifs is 1. The first-order chi connectivity index (χ1) is 16.8. The number of nitrogens with zero attached hydrogens (tertiary/aromatic N) is 4. The fourth-order valence-electron chi connectivity index (χ4n) is 6.13. The third-order valence-corrected chi connectivity index (χ3v) is 9.59. The number of aryl methyl sites for hydroxylation is 1. The molecule has 2 aliphatic heterocycles. The van der Waals surface area contributed by atoms with Crippen molar-refractivity contribution in [3.05, 3.63) is 77.0 Å². The highest BCUT2D eigenvalue weighted by atomic mass is 32.2. The zero-order valence-electron chi connectivity index (χ0n) is 20.6. The lowest BCUT2D eigenvalue weighted by molar-refractivity contribution is 0.213. The van der Waals surface area contributed by atoms with Crippen molar-refractivity contribution in [1.29, 1.82) is 0 Å². The van der Waals surface area contributed by atoms with E-state index in [0.29, 0.717) is 38.1 Å². The molecule has 2 heterocycles. The molecule has 2 fully saturated rings. The zero-order valence-corrected chi connectivity index (χ0v) is 21.4. The molecule has 0 saturated carbocycles. The number of piperazine rings is 1. The van der Waals surface area contributed by atoms with Gasteiger partial charge in [-0.25, -0.2) is 12.8 Å². The molecule has 3 atom stereocenters. The van der Waals surface area contributed by atoms with E-state index in [1.807, 2.05) is 6.07 Å². The molecular formula is C27H35FN4O2S. The summed E-state index contributed by atoms with van der Waals surface area (Å²) in [5.41, 5.74) is 4.48. The number of rotatable bonds is 6. The second-order valence-corrected chi connectivity index (χ2v) is 12.0. The highest BCUT2D eigenvalue weighted by Crippen LogP contribution is 2.42. The lowest BCUT2D eigenvalue weighted by atomic mass is 9.93. The second-order valence-electron chi connectivity index (χ2n) is 10.1. The number of halogens is 1. The van der Waals surface area contributed by atoms with Crippen molar-refractivity contribution in [2.24, 2.45) is 0 Å². The van der Waals surface area contributed by atoms with Gasteiger partial charge < -0.3 is 9.80 Å². The van der Waals surface area contributed by atoms with Crippen molar-refractivity contribution in [3.63, 3.8) is 0 Å². The molecule has 2 aromatic rings. The summed E-state index contributed by atoms with van der Waals surface area (Å²) in [6.07, 6.45) is 1.93. The third kappa shape index (κ3) is 4.65. The molecule has 1 unspecified atom stereocenters. The minimum Gasteiger partial charge on any atom is -0.369 e. The average Bonchev–Trinajstić information content (AvgIpc) is 3.50. The Morgan fingerprint density at radius 3 is 2.40 bits per heavy atom. The lowest BCUT2D eigenvalue weighted by Gasteiger charge is -2.35. The van der Waals surface area contributed by atoms with Crippen LogP contribution in [0.15, 0.2) is 54.5 Å². The summed E-state index contributed by atoms with van der Waals surface area (Å²) in [7, 11) is 0.914. The summed E-state index contributed by atoms with van der Waals surface area (Å²) in [6, 6.07) is 14.8. The van der Waals surface area contributed by atoms with E-state index in [9.17, 15) is 12.8 Å². The van der Waals surface area contributed by atoms with Gasteiger partial charge in [0, 0.05) is 73.9 Å². The first kappa shape index (κ1) is 24.4. The molecule has 0 amide bonds. The van der Waals surface area contributed by atoms with Gasteiger partial charge in [0.2, 0.25) is 10.0 Å². The standard InChI is InChI=1S/C27H35FN4O2S/c1-4-35(33,34)32-16-14-30(15-17-32)22-11-8-20(9-12-22)23-18-31(19-26(23)29(2)3)25-13-10-21-6-5-7-24(28)27(21)25/h4-9,11-12,23,25-26H,1,10,13-19H2,2-3H3/t23-,25?,26+/m1/s1. The Morgan fingerprint density at radius 2 is 1.74 bits per heavy atom. The molecule has 5 rings (SSSR count). The number of hydrogen-bond donors (Lipinski definition) is 0. The molecule has 1 aliphatic carbocycles. The molecular weight excluding hydrogens is 463 g/mol. The molecule has 0 aromatic heterocycles. The zero-order chi connectivity index (χ0) is 24.7. The summed E-state index contributed by atoms with van der Waals surface area (Å²) >= 11 is 0. The van der Waals surface area contributed by atoms with Crippen molar-refractivity contribution in [1.82, 2.24) is 14.1 Å². The van der Waals surface area contributed by atoms with Crippen LogP contribution in [0.3, 0.4) is 0 Å². The number of benzene rings is 2. The minimum absolute atomic E-state index is 0.0693. The topological polar surface area (TPSA) is 47.1 Å². The molecule has 35 heavy (non-hydrogen) atoms. The number of likely N-dealkylation sites (N-methyl/N-ethyl adjacent to an activating group) is 1. The Hall–Kier alpha value is -2.26. The van der Waals surface area contributed by atoms with E-state index in [2.05, 4.69) is 65.7 Å². The monoisotopic (exact) mass is 498 g/mol. The van der Waals surface area contributed by atoms with E-state index < -0.39 is 10.0 Å². The van der Waals surface area contributed by atoms with Gasteiger partial charge in [0.25, 0.3) is 0 Å². The van der Waals surface area contributed by atoms with Gasteiger partial charge in [-0.3, -0.25) is 4.90 Å². The van der Waals surface area contributed by atoms with Gasteiger partial charge in [-0.05, 0) is 56.3 Å². The van der Waals surface area contributed by atoms with Gasteiger partial charge in [-0.2, -0.15) is 4.31 Å². The normalized spacial score (nSPS) is 25.8. The van der Waals surface area contributed by atoms with E-state index in [-0.39, 0.29) is 11.9 Å². The fraction of sp³-hybridized carbons (Fsp3) is 0.481. The van der Waals surface area contributed by atoms with Crippen LogP contribution in [0, 0.1) is 5.82 Å². The molecule has 3 aliphatic rings. The van der Waals surface area contributed by atoms with E-state index in [4.69, 9.17) is 0 Å². The number of sulfonamides is 1. The van der Waals surface area contributed by atoms with Crippen LogP contribution in [0.2, 0.25) is 0 Å². The maximum absolute atomic E-state index is 14.7. The molecule has 0 spiro atoms. The largest absolute Gasteiger partial charge is 0.369 e. The number of likely N-dealkylation sites (tertiary alicyclic amines) is 1. The SMILES string of the molecule is C=CS(=O)(=O)N1CCN(c2ccc([C@H]3CN(C4CCc5cccc(F)c54)C[C@@H]3N(C)C)cc2)CC1. The smallest absolute Gasteiger partial charge is 0.235 e. The number of anilines is 1. The van der Waals surface area contributed by atoms with Crippen molar-refractivity contribution in [2.75, 3.05) is 58.3 Å². The lowest BCUT2D eigenvalue weighted by Crippen LogP contribution is -2.48. The maximum atomic E-state index is 14.7. The van der Waals surface area contributed by atoms with Gasteiger partial charge in [-0.1, -0.05) is 30.8 Å². The molecule has 0 bridgehead atoms. The van der Waals surface area contributed by atoms with Crippen LogP contribution < -0.4 is 4.90 Å². The maximum Gasteiger partial charge on any atom is 0.235 e. The Kier molecular flexibility index (Phi) is 6.74. The van der Waals surface area contributed by atoms with Crippen LogP contribution >= 0.6 is 0 Å². The van der Waals surface area contributed by atoms with Gasteiger partial charge in [0.15, 0.2) is 0 Å². The van der Waals surface area contributed by atoms with Crippen molar-refractivity contribution in [2.45, 2.75) is 30.8 Å². The summed E-state index contributed by atoms with van der Waals surface area (Å²) < 4.78 is 40.3. The Bertz CT molecular complexity index is 1180. The highest BCUT2D eigenvalue weighted by molar-refractivity contribution is 7.92. The number of hydrogen-bond acceptors (Lipinski definition) is 5. The molecule has 0 radical (unpaired) electrons. The predicted octanol–water partition coefficient (Wildman–Crippen LogP) is 3.44. The van der Waals surface area contributed by atoms with Crippen LogP contribution in [0.1, 0.15) is 35.1 Å². The molecule has 6 nitrogen and oxygen atoms in total. The fourth-order valence-corrected chi connectivity index (χ4v) is 7.02. The van der Waals surface area contributed by atoms with Gasteiger partial charge >= 0.3 is 0 Å². The van der Waals surface area contributed by atoms with Gasteiger partial charge in [-0.15, -0.1) is 0 Å². The molecule has 2 saturated heterocycles. The Balaban J connectivity index is 1.30. The van der Waals surface area contributed by atoms with Crippen LogP contribution in [-0.2, 0) is 16.4 Å². The Labute approximate surface area is 208 Å². The van der Waals surface area contributed by atoms with Crippen LogP contribution in [-0.4, -0.2) is 81.9 Å². The first-order valence-electron chi connectivity index (χ1n) is 12.4. The van der Waals surface area contributed by atoms with E-state index >= 15 is 0 Å². The molecule has 0 N–H and O–H groups in total. The molecule has 2 aromatic carbocycles. The van der Waals surface area contributed by atoms with Gasteiger partial charge in [0.05, 0.1) is 0 Å². The van der Waals surface area contributed by atoms with Crippen molar-refractivity contribution in [3.8, 4) is 0 Å². The summed E-state index contributed by atoms with van der Waals surface area (Å²) in [6.45, 7) is 7.53. The van der Waals surface area contributed by atoms with Crippen LogP contribution in [0.5, 0.6) is 0 Å². The first-order valence-corrected chi connectivity index (χ1v) is 13.9. The van der Waals surface area contributed by atoms with Crippen LogP contribution in [0.25, 0.3) is 0 Å². The molecule has 8 heteroatoms. The third-order valence-electron chi connectivity index (χ3n) is 8.08. The Morgan fingerprint density at radius 1 is 1.03 bits per heavy atom. The van der Waals surface area contributed by atoms with Gasteiger partial charge in [0.1, 0.15) is 5.82 Å². The quantitative estimate of drug-likeness (QED) is 0.611. The summed E-state index contributed by atoms with van der Waals surface area (Å²) in [5.74, 6) is 0.282. The van der Waals surface area contributed by atoms with E-state index in [0.717, 1.165) is 48.2 Å². The van der Waals surface area contributed by atoms with Crippen molar-refractivity contribution >= 4 is 15.7 Å². The van der Waals surface area contributed by atoms with Crippen molar-refractivity contribution < 1.29 is 12.8 Å². The minimum atomic E-state index is -3.35. The molecule has 188 valence electrons. The summed E-state index contributed by atoms with van der Waals surface area (Å²) in [5, 5.41) is 1.03.